The Kier molecular flexibility index (Phi) is 3.92. The third-order valence-electron chi connectivity index (χ3n) is 5.09. The van der Waals surface area contributed by atoms with E-state index in [2.05, 4.69) is 77.3 Å². The molecule has 118 valence electrons. The second-order valence-corrected chi connectivity index (χ2v) is 6.62. The molecule has 23 heavy (non-hydrogen) atoms. The highest BCUT2D eigenvalue weighted by Gasteiger charge is 2.26. The summed E-state index contributed by atoms with van der Waals surface area (Å²) in [6, 6.07) is 20.1. The highest BCUT2D eigenvalue weighted by atomic mass is 15.2. The minimum Gasteiger partial charge on any atom is -0.350 e. The number of nitrogens with zero attached hydrogens (tertiary/aromatic N) is 2. The summed E-state index contributed by atoms with van der Waals surface area (Å²) in [6.07, 6.45) is 6.33. The minimum absolute atomic E-state index is 0.364. The Bertz CT molecular complexity index is 782. The van der Waals surface area contributed by atoms with Gasteiger partial charge >= 0.3 is 0 Å². The van der Waals surface area contributed by atoms with Crippen LogP contribution in [0.1, 0.15) is 36.4 Å². The zero-order valence-corrected chi connectivity index (χ0v) is 13.8. The van der Waals surface area contributed by atoms with Crippen molar-refractivity contribution in [2.45, 2.75) is 25.3 Å². The molecule has 1 aromatic heterocycles. The van der Waals surface area contributed by atoms with E-state index in [9.17, 15) is 0 Å². The first-order valence-electron chi connectivity index (χ1n) is 8.67. The summed E-state index contributed by atoms with van der Waals surface area (Å²) in [7, 11) is 2.16. The maximum atomic E-state index is 2.67. The van der Waals surface area contributed by atoms with E-state index in [1.807, 2.05) is 0 Å². The van der Waals surface area contributed by atoms with Crippen molar-refractivity contribution in [1.82, 2.24) is 9.47 Å². The Labute approximate surface area is 138 Å². The minimum atomic E-state index is 0.364. The van der Waals surface area contributed by atoms with Crippen molar-refractivity contribution in [1.29, 1.82) is 0 Å². The standard InChI is InChI=1S/C21H24N2/c1-22-16-19(18-12-6-7-13-20(18)22)21(17-10-4-2-5-11-17)23-14-8-3-9-15-23/h2,4-7,10-13,16,21H,3,8-9,14-15H2,1H3. The van der Waals surface area contributed by atoms with Gasteiger partial charge in [-0.2, -0.15) is 0 Å². The zero-order valence-electron chi connectivity index (χ0n) is 13.8. The molecule has 4 rings (SSSR count). The lowest BCUT2D eigenvalue weighted by Gasteiger charge is -2.35. The summed E-state index contributed by atoms with van der Waals surface area (Å²) in [5, 5.41) is 1.38. The Morgan fingerprint density at radius 1 is 0.826 bits per heavy atom. The zero-order chi connectivity index (χ0) is 15.6. The highest BCUT2D eigenvalue weighted by molar-refractivity contribution is 5.84. The molecular formula is C21H24N2. The molecule has 2 heterocycles. The fourth-order valence-corrected chi connectivity index (χ4v) is 3.99. The third-order valence-corrected chi connectivity index (χ3v) is 5.09. The van der Waals surface area contributed by atoms with E-state index < -0.39 is 0 Å². The number of fused-ring (bicyclic) bond motifs is 1. The largest absolute Gasteiger partial charge is 0.350 e. The number of aromatic nitrogens is 1. The SMILES string of the molecule is Cn1cc(C(c2ccccc2)N2CCCCC2)c2ccccc21. The normalized spacial score (nSPS) is 17.4. The van der Waals surface area contributed by atoms with Crippen LogP contribution in [0, 0.1) is 0 Å². The van der Waals surface area contributed by atoms with Crippen LogP contribution in [0.15, 0.2) is 60.8 Å². The van der Waals surface area contributed by atoms with Crippen LogP contribution >= 0.6 is 0 Å². The van der Waals surface area contributed by atoms with Gasteiger partial charge in [0.2, 0.25) is 0 Å². The van der Waals surface area contributed by atoms with Crippen LogP contribution < -0.4 is 0 Å². The lowest BCUT2D eigenvalue weighted by atomic mass is 9.94. The van der Waals surface area contributed by atoms with E-state index in [-0.39, 0.29) is 0 Å². The molecule has 0 aliphatic carbocycles. The van der Waals surface area contributed by atoms with E-state index in [0.717, 1.165) is 0 Å². The molecule has 0 amide bonds. The fourth-order valence-electron chi connectivity index (χ4n) is 3.99. The predicted octanol–water partition coefficient (Wildman–Crippen LogP) is 4.75. The maximum Gasteiger partial charge on any atom is 0.0623 e. The van der Waals surface area contributed by atoms with Crippen molar-refractivity contribution in [2.75, 3.05) is 13.1 Å². The number of hydrogen-bond acceptors (Lipinski definition) is 1. The van der Waals surface area contributed by atoms with Gasteiger partial charge in [0, 0.05) is 24.1 Å². The Morgan fingerprint density at radius 3 is 2.30 bits per heavy atom. The molecule has 0 radical (unpaired) electrons. The van der Waals surface area contributed by atoms with E-state index in [0.29, 0.717) is 6.04 Å². The molecule has 1 unspecified atom stereocenters. The molecule has 0 bridgehead atoms. The molecule has 1 fully saturated rings. The smallest absolute Gasteiger partial charge is 0.0623 e. The summed E-state index contributed by atoms with van der Waals surface area (Å²) in [4.78, 5) is 2.67. The van der Waals surface area contributed by atoms with E-state index in [1.54, 1.807) is 0 Å². The maximum absolute atomic E-state index is 2.67. The second-order valence-electron chi connectivity index (χ2n) is 6.62. The summed E-state index contributed by atoms with van der Waals surface area (Å²) in [6.45, 7) is 2.39. The van der Waals surface area contributed by atoms with Crippen LogP contribution in [0.2, 0.25) is 0 Å². The number of hydrogen-bond donors (Lipinski definition) is 0. The number of aryl methyl sites for hydroxylation is 1. The third kappa shape index (κ3) is 2.68. The molecule has 1 atom stereocenters. The molecule has 2 heteroatoms. The van der Waals surface area contributed by atoms with Crippen molar-refractivity contribution in [3.05, 3.63) is 71.9 Å². The Balaban J connectivity index is 1.86. The number of rotatable bonds is 3. The topological polar surface area (TPSA) is 8.17 Å². The van der Waals surface area contributed by atoms with Gasteiger partial charge in [0.05, 0.1) is 6.04 Å². The van der Waals surface area contributed by atoms with Crippen molar-refractivity contribution in [3.63, 3.8) is 0 Å². The van der Waals surface area contributed by atoms with Gasteiger partial charge in [-0.1, -0.05) is 55.0 Å². The molecule has 1 aliphatic heterocycles. The van der Waals surface area contributed by atoms with E-state index >= 15 is 0 Å². The van der Waals surface area contributed by atoms with Gasteiger partial charge in [0.1, 0.15) is 0 Å². The molecule has 0 saturated carbocycles. The quantitative estimate of drug-likeness (QED) is 0.677. The van der Waals surface area contributed by atoms with Crippen LogP contribution in [0.4, 0.5) is 0 Å². The van der Waals surface area contributed by atoms with Crippen LogP contribution in [0.25, 0.3) is 10.9 Å². The first-order chi connectivity index (χ1) is 11.3. The number of piperidine rings is 1. The Morgan fingerprint density at radius 2 is 1.52 bits per heavy atom. The van der Waals surface area contributed by atoms with Gasteiger partial charge in [0.25, 0.3) is 0 Å². The number of benzene rings is 2. The van der Waals surface area contributed by atoms with E-state index in [4.69, 9.17) is 0 Å². The predicted molar refractivity (Wildman–Crippen MR) is 96.6 cm³/mol. The van der Waals surface area contributed by atoms with Crippen molar-refractivity contribution in [2.24, 2.45) is 7.05 Å². The van der Waals surface area contributed by atoms with Gasteiger partial charge < -0.3 is 4.57 Å². The van der Waals surface area contributed by atoms with E-state index in [1.165, 1.54) is 54.4 Å². The molecule has 2 nitrogen and oxygen atoms in total. The van der Waals surface area contributed by atoms with Gasteiger partial charge in [0.15, 0.2) is 0 Å². The molecule has 3 aromatic rings. The van der Waals surface area contributed by atoms with Crippen LogP contribution in [-0.2, 0) is 7.05 Å². The first-order valence-corrected chi connectivity index (χ1v) is 8.67. The van der Waals surface area contributed by atoms with Crippen LogP contribution in [-0.4, -0.2) is 22.6 Å². The van der Waals surface area contributed by atoms with Gasteiger partial charge in [-0.3, -0.25) is 4.90 Å². The van der Waals surface area contributed by atoms with Gasteiger partial charge in [-0.05, 0) is 43.1 Å². The lowest BCUT2D eigenvalue weighted by molar-refractivity contribution is 0.188. The number of likely N-dealkylation sites (tertiary alicyclic amines) is 1. The average Bonchev–Trinajstić information content (AvgIpc) is 2.94. The van der Waals surface area contributed by atoms with Crippen molar-refractivity contribution >= 4 is 10.9 Å². The van der Waals surface area contributed by atoms with Gasteiger partial charge in [-0.25, -0.2) is 0 Å². The average molecular weight is 304 g/mol. The van der Waals surface area contributed by atoms with Crippen LogP contribution in [0.3, 0.4) is 0 Å². The first kappa shape index (κ1) is 14.5. The monoisotopic (exact) mass is 304 g/mol. The number of para-hydroxylation sites is 1. The molecule has 0 N–H and O–H groups in total. The summed E-state index contributed by atoms with van der Waals surface area (Å²) in [5.74, 6) is 0. The summed E-state index contributed by atoms with van der Waals surface area (Å²) >= 11 is 0. The van der Waals surface area contributed by atoms with Crippen LogP contribution in [0.5, 0.6) is 0 Å². The Hall–Kier alpha value is -2.06. The molecule has 2 aromatic carbocycles. The second kappa shape index (κ2) is 6.21. The van der Waals surface area contributed by atoms with Gasteiger partial charge in [-0.15, -0.1) is 0 Å². The highest BCUT2D eigenvalue weighted by Crippen LogP contribution is 2.35. The molecule has 1 saturated heterocycles. The lowest BCUT2D eigenvalue weighted by Crippen LogP contribution is -2.34. The molecular weight excluding hydrogens is 280 g/mol. The van der Waals surface area contributed by atoms with Crippen molar-refractivity contribution in [3.8, 4) is 0 Å². The summed E-state index contributed by atoms with van der Waals surface area (Å²) < 4.78 is 2.27. The summed E-state index contributed by atoms with van der Waals surface area (Å²) in [5.41, 5.74) is 4.17. The molecule has 1 aliphatic rings. The fraction of sp³-hybridized carbons (Fsp3) is 0.333. The molecule has 0 spiro atoms. The van der Waals surface area contributed by atoms with Crippen molar-refractivity contribution < 1.29 is 0 Å².